The molecule has 9 nitrogen and oxygen atoms in total. The maximum absolute atomic E-state index is 13.7. The number of nitro benzene ring substituents is 1. The Morgan fingerprint density at radius 1 is 1.06 bits per heavy atom. The Morgan fingerprint density at radius 2 is 1.68 bits per heavy atom. The number of non-ortho nitro benzene ring substituents is 1. The number of Topliss-reactive ketones (excluding diaryl/α,β-unsaturated/α-hetero) is 1. The number of nitrogens with one attached hydrogen (secondary N) is 2. The van der Waals surface area contributed by atoms with E-state index in [1.165, 1.54) is 24.3 Å². The van der Waals surface area contributed by atoms with Gasteiger partial charge in [0.1, 0.15) is 16.9 Å². The van der Waals surface area contributed by atoms with E-state index in [2.05, 4.69) is 15.8 Å². The van der Waals surface area contributed by atoms with Gasteiger partial charge >= 0.3 is 0 Å². The number of carbonyl (C=O) groups excluding carboxylic acids is 2. The Morgan fingerprint density at radius 3 is 2.26 bits per heavy atom. The second-order valence-electron chi connectivity index (χ2n) is 9.48. The lowest BCUT2D eigenvalue weighted by molar-refractivity contribution is -0.384. The number of rotatable bonds is 7. The van der Waals surface area contributed by atoms with Crippen molar-refractivity contribution in [2.45, 2.75) is 40.5 Å². The average Bonchev–Trinajstić information content (AvgIpc) is 3.09. The predicted octanol–water partition coefficient (Wildman–Crippen LogP) is 4.80. The first-order valence-corrected chi connectivity index (χ1v) is 11.2. The van der Waals surface area contributed by atoms with Crippen LogP contribution < -0.4 is 15.5 Å². The van der Waals surface area contributed by atoms with Crippen molar-refractivity contribution in [3.8, 4) is 5.75 Å². The summed E-state index contributed by atoms with van der Waals surface area (Å²) in [5.41, 5.74) is 1.74. The summed E-state index contributed by atoms with van der Waals surface area (Å²) in [6.07, 6.45) is 1.08. The Hall–Kier alpha value is -3.75. The second-order valence-corrected chi connectivity index (χ2v) is 9.48. The van der Waals surface area contributed by atoms with Gasteiger partial charge in [-0.25, -0.2) is 0 Å². The highest BCUT2D eigenvalue weighted by Crippen LogP contribution is 2.69. The first-order valence-electron chi connectivity index (χ1n) is 11.2. The number of fused-ring (bicyclic) bond motifs is 2. The van der Waals surface area contributed by atoms with Crippen LogP contribution in [0.1, 0.15) is 40.5 Å². The minimum absolute atomic E-state index is 0.0350. The molecule has 9 heteroatoms. The number of ether oxygens (including phenoxy) is 1. The lowest BCUT2D eigenvalue weighted by atomic mass is 9.64. The SMILES string of the molecule is CCOc1ccc(NC(=O)C23CCC(C)(C(=NNc4ccc([N+](=O)[O-])cc4)C2=O)C3(C)C)cc1. The van der Waals surface area contributed by atoms with E-state index in [-0.39, 0.29) is 17.4 Å². The van der Waals surface area contributed by atoms with Gasteiger partial charge in [-0.05, 0) is 61.6 Å². The van der Waals surface area contributed by atoms with Gasteiger partial charge in [-0.3, -0.25) is 25.1 Å². The summed E-state index contributed by atoms with van der Waals surface area (Å²) >= 11 is 0. The number of carbonyl (C=O) groups is 2. The summed E-state index contributed by atoms with van der Waals surface area (Å²) in [6.45, 7) is 8.32. The van der Waals surface area contributed by atoms with E-state index >= 15 is 0 Å². The van der Waals surface area contributed by atoms with Crippen LogP contribution in [-0.4, -0.2) is 28.9 Å². The molecule has 2 atom stereocenters. The molecule has 2 aliphatic carbocycles. The Labute approximate surface area is 197 Å². The highest BCUT2D eigenvalue weighted by atomic mass is 16.6. The second kappa shape index (κ2) is 8.23. The molecule has 2 N–H and O–H groups in total. The quantitative estimate of drug-likeness (QED) is 0.345. The van der Waals surface area contributed by atoms with Crippen LogP contribution in [0.2, 0.25) is 0 Å². The topological polar surface area (TPSA) is 123 Å². The lowest BCUT2D eigenvalue weighted by Crippen LogP contribution is -2.47. The Kier molecular flexibility index (Phi) is 5.67. The molecule has 0 radical (unpaired) electrons. The molecule has 34 heavy (non-hydrogen) atoms. The van der Waals surface area contributed by atoms with Crippen molar-refractivity contribution in [3.63, 3.8) is 0 Å². The molecule has 2 saturated carbocycles. The number of amides is 1. The van der Waals surface area contributed by atoms with Crippen LogP contribution in [0.25, 0.3) is 0 Å². The maximum atomic E-state index is 13.7. The van der Waals surface area contributed by atoms with Crippen LogP contribution in [0, 0.1) is 26.4 Å². The number of benzene rings is 2. The van der Waals surface area contributed by atoms with E-state index < -0.39 is 21.2 Å². The molecule has 2 aromatic rings. The van der Waals surface area contributed by atoms with E-state index in [9.17, 15) is 19.7 Å². The van der Waals surface area contributed by atoms with Gasteiger partial charge in [0.2, 0.25) is 5.91 Å². The molecule has 4 rings (SSSR count). The normalized spacial score (nSPS) is 25.9. The van der Waals surface area contributed by atoms with Crippen molar-refractivity contribution in [1.82, 2.24) is 0 Å². The van der Waals surface area contributed by atoms with Gasteiger partial charge in [-0.2, -0.15) is 5.10 Å². The van der Waals surface area contributed by atoms with E-state index in [1.807, 2.05) is 27.7 Å². The molecule has 178 valence electrons. The van der Waals surface area contributed by atoms with Crippen molar-refractivity contribution in [2.24, 2.45) is 21.3 Å². The van der Waals surface area contributed by atoms with Gasteiger partial charge in [0, 0.05) is 23.2 Å². The van der Waals surface area contributed by atoms with Crippen LogP contribution in [0.4, 0.5) is 17.1 Å². The summed E-state index contributed by atoms with van der Waals surface area (Å²) < 4.78 is 5.45. The van der Waals surface area contributed by atoms with Gasteiger partial charge in [0.15, 0.2) is 5.78 Å². The molecule has 0 aromatic heterocycles. The number of hydrazone groups is 1. The molecule has 2 aliphatic rings. The van der Waals surface area contributed by atoms with Gasteiger partial charge in [-0.15, -0.1) is 0 Å². The van der Waals surface area contributed by atoms with Crippen LogP contribution in [0.3, 0.4) is 0 Å². The standard InChI is InChI=1S/C25H28N4O5/c1-5-34-19-12-8-16(9-13-19)26-22(31)25-15-14-24(4,23(25,2)3)20(21(25)30)28-27-17-6-10-18(11-7-17)29(32)33/h6-13,27H,5,14-15H2,1-4H3,(H,26,31). The minimum atomic E-state index is -1.24. The number of ketones is 1. The van der Waals surface area contributed by atoms with Crippen molar-refractivity contribution in [1.29, 1.82) is 0 Å². The molecule has 0 heterocycles. The fourth-order valence-electron chi connectivity index (χ4n) is 5.29. The Bertz CT molecular complexity index is 1170. The van der Waals surface area contributed by atoms with E-state index in [1.54, 1.807) is 24.3 Å². The van der Waals surface area contributed by atoms with E-state index in [4.69, 9.17) is 4.74 Å². The summed E-state index contributed by atoms with van der Waals surface area (Å²) in [5, 5.41) is 18.2. The van der Waals surface area contributed by atoms with Gasteiger partial charge in [0.05, 0.1) is 17.2 Å². The molecule has 2 unspecified atom stereocenters. The fourth-order valence-corrected chi connectivity index (χ4v) is 5.29. The number of hydrogen-bond donors (Lipinski definition) is 2. The molecule has 0 spiro atoms. The lowest BCUT2D eigenvalue weighted by Gasteiger charge is -2.37. The van der Waals surface area contributed by atoms with E-state index in [0.29, 0.717) is 42.3 Å². The summed E-state index contributed by atoms with van der Waals surface area (Å²) in [6, 6.07) is 12.8. The Balaban J connectivity index is 1.60. The number of hydrogen-bond acceptors (Lipinski definition) is 7. The monoisotopic (exact) mass is 464 g/mol. The zero-order valence-electron chi connectivity index (χ0n) is 19.7. The van der Waals surface area contributed by atoms with Crippen LogP contribution in [0.15, 0.2) is 53.6 Å². The molecular formula is C25H28N4O5. The summed E-state index contributed by atoms with van der Waals surface area (Å²) in [7, 11) is 0. The average molecular weight is 465 g/mol. The van der Waals surface area contributed by atoms with Crippen molar-refractivity contribution in [2.75, 3.05) is 17.3 Å². The minimum Gasteiger partial charge on any atom is -0.494 e. The maximum Gasteiger partial charge on any atom is 0.269 e. The van der Waals surface area contributed by atoms with Crippen LogP contribution in [0.5, 0.6) is 5.75 Å². The van der Waals surface area contributed by atoms with Crippen LogP contribution in [-0.2, 0) is 9.59 Å². The summed E-state index contributed by atoms with van der Waals surface area (Å²) in [5.74, 6) is 0.0798. The third-order valence-corrected chi connectivity index (χ3v) is 7.76. The third kappa shape index (κ3) is 3.34. The fraction of sp³-hybridized carbons (Fsp3) is 0.400. The number of nitrogens with zero attached hydrogens (tertiary/aromatic N) is 2. The zero-order valence-corrected chi connectivity index (χ0v) is 19.7. The van der Waals surface area contributed by atoms with Crippen molar-refractivity contribution < 1.29 is 19.2 Å². The first-order chi connectivity index (χ1) is 16.1. The number of nitro groups is 1. The van der Waals surface area contributed by atoms with Crippen molar-refractivity contribution in [3.05, 3.63) is 58.6 Å². The molecule has 1 amide bonds. The van der Waals surface area contributed by atoms with Gasteiger partial charge in [0.25, 0.3) is 5.69 Å². The van der Waals surface area contributed by atoms with Gasteiger partial charge in [-0.1, -0.05) is 20.8 Å². The smallest absolute Gasteiger partial charge is 0.269 e. The molecular weight excluding hydrogens is 436 g/mol. The molecule has 2 bridgehead atoms. The molecule has 2 fully saturated rings. The largest absolute Gasteiger partial charge is 0.494 e. The number of anilines is 2. The van der Waals surface area contributed by atoms with Crippen molar-refractivity contribution >= 4 is 34.5 Å². The molecule has 0 aliphatic heterocycles. The molecule has 0 saturated heterocycles. The predicted molar refractivity (Wildman–Crippen MR) is 129 cm³/mol. The summed E-state index contributed by atoms with van der Waals surface area (Å²) in [4.78, 5) is 37.7. The van der Waals surface area contributed by atoms with Gasteiger partial charge < -0.3 is 10.1 Å². The van der Waals surface area contributed by atoms with Crippen LogP contribution >= 0.6 is 0 Å². The molecule has 2 aromatic carbocycles. The highest BCUT2D eigenvalue weighted by Gasteiger charge is 2.76. The highest BCUT2D eigenvalue weighted by molar-refractivity contribution is 6.51. The van der Waals surface area contributed by atoms with E-state index in [0.717, 1.165) is 0 Å². The zero-order chi connectivity index (χ0) is 24.7. The first kappa shape index (κ1) is 23.4. The third-order valence-electron chi connectivity index (χ3n) is 7.76.